The Bertz CT molecular complexity index is 1110. The monoisotopic (exact) mass is 413 g/mol. The number of aromatic nitrogens is 1. The molecule has 1 saturated heterocycles. The van der Waals surface area contributed by atoms with Crippen molar-refractivity contribution in [3.8, 4) is 5.75 Å². The number of aromatic hydroxyl groups is 1. The van der Waals surface area contributed by atoms with Crippen LogP contribution in [0.25, 0.3) is 0 Å². The molecule has 30 heavy (non-hydrogen) atoms. The van der Waals surface area contributed by atoms with Gasteiger partial charge in [-0.05, 0) is 24.1 Å². The molecular formula is C21H20FN3O5. The lowest BCUT2D eigenvalue weighted by molar-refractivity contribution is -0.131. The Morgan fingerprint density at radius 3 is 2.53 bits per heavy atom. The second kappa shape index (κ2) is 7.40. The van der Waals surface area contributed by atoms with Crippen LogP contribution in [0.2, 0.25) is 0 Å². The molecule has 9 heteroatoms. The zero-order valence-electron chi connectivity index (χ0n) is 16.3. The van der Waals surface area contributed by atoms with Gasteiger partial charge in [-0.3, -0.25) is 19.2 Å². The zero-order valence-corrected chi connectivity index (χ0v) is 16.3. The summed E-state index contributed by atoms with van der Waals surface area (Å²) < 4.78 is 14.4. The van der Waals surface area contributed by atoms with Crippen molar-refractivity contribution in [2.75, 3.05) is 13.1 Å². The predicted octanol–water partition coefficient (Wildman–Crippen LogP) is 1.15. The first kappa shape index (κ1) is 19.8. The number of Topliss-reactive ketones (excluding diaryl/α,β-unsaturated/α-hetero) is 1. The number of rotatable bonds is 4. The van der Waals surface area contributed by atoms with Crippen molar-refractivity contribution >= 4 is 17.6 Å². The number of hydrogen-bond acceptors (Lipinski definition) is 5. The molecule has 2 aliphatic heterocycles. The average molecular weight is 413 g/mol. The maximum absolute atomic E-state index is 13.0. The molecule has 4 rings (SSSR count). The first-order valence-corrected chi connectivity index (χ1v) is 9.60. The van der Waals surface area contributed by atoms with Crippen molar-refractivity contribution in [3.63, 3.8) is 0 Å². The van der Waals surface area contributed by atoms with Gasteiger partial charge in [-0.2, -0.15) is 0 Å². The molecule has 8 nitrogen and oxygen atoms in total. The van der Waals surface area contributed by atoms with Crippen LogP contribution in [0.5, 0.6) is 5.75 Å². The summed E-state index contributed by atoms with van der Waals surface area (Å²) in [6.45, 7) is 2.26. The molecule has 0 aliphatic carbocycles. The smallest absolute Gasteiger partial charge is 0.276 e. The topological polar surface area (TPSA) is 99.9 Å². The van der Waals surface area contributed by atoms with E-state index in [-0.39, 0.29) is 35.9 Å². The van der Waals surface area contributed by atoms with Crippen molar-refractivity contribution in [2.45, 2.75) is 32.5 Å². The molecule has 2 aromatic rings. The molecule has 1 aromatic heterocycles. The summed E-state index contributed by atoms with van der Waals surface area (Å²) in [7, 11) is 0. The van der Waals surface area contributed by atoms with Gasteiger partial charge in [0.25, 0.3) is 5.91 Å². The van der Waals surface area contributed by atoms with Crippen molar-refractivity contribution in [1.82, 2.24) is 14.4 Å². The first-order chi connectivity index (χ1) is 14.3. The van der Waals surface area contributed by atoms with Crippen molar-refractivity contribution in [2.24, 2.45) is 0 Å². The van der Waals surface area contributed by atoms with Crippen LogP contribution < -0.4 is 5.43 Å². The Hall–Kier alpha value is -3.49. The number of aryl methyl sites for hydroxylation is 1. The summed E-state index contributed by atoms with van der Waals surface area (Å²) in [6, 6.07) is 5.70. The van der Waals surface area contributed by atoms with E-state index in [0.29, 0.717) is 19.5 Å². The molecule has 2 amide bonds. The number of nitrogens with zero attached hydrogens (tertiary/aromatic N) is 3. The highest BCUT2D eigenvalue weighted by atomic mass is 19.1. The number of carbonyl (C=O) groups excluding carboxylic acids is 3. The molecule has 0 saturated carbocycles. The molecule has 1 atom stereocenters. The SMILES string of the molecule is CC(=O)N1CCN2C(=O)c3c(O)c(=O)c(C(=O)CCc4ccc(F)cc4)cn3CC12. The predicted molar refractivity (Wildman–Crippen MR) is 104 cm³/mol. The van der Waals surface area contributed by atoms with E-state index < -0.39 is 29.0 Å². The normalized spacial score (nSPS) is 17.7. The Kier molecular flexibility index (Phi) is 4.89. The quantitative estimate of drug-likeness (QED) is 0.758. The molecule has 0 bridgehead atoms. The molecule has 1 aromatic carbocycles. The lowest BCUT2D eigenvalue weighted by Crippen LogP contribution is -2.51. The van der Waals surface area contributed by atoms with Crippen molar-refractivity contribution < 1.29 is 23.9 Å². The van der Waals surface area contributed by atoms with E-state index in [1.807, 2.05) is 0 Å². The molecule has 3 heterocycles. The summed E-state index contributed by atoms with van der Waals surface area (Å²) in [6.07, 6.45) is 1.06. The molecule has 1 N–H and O–H groups in total. The van der Waals surface area contributed by atoms with Crippen LogP contribution in [0.1, 0.15) is 39.8 Å². The van der Waals surface area contributed by atoms with Crippen LogP contribution in [0.3, 0.4) is 0 Å². The highest BCUT2D eigenvalue weighted by Crippen LogP contribution is 2.28. The molecule has 0 radical (unpaired) electrons. The number of halogens is 1. The third kappa shape index (κ3) is 3.26. The Balaban J connectivity index is 1.63. The van der Waals surface area contributed by atoms with Gasteiger partial charge < -0.3 is 19.5 Å². The highest BCUT2D eigenvalue weighted by molar-refractivity contribution is 6.00. The zero-order chi connectivity index (χ0) is 21.6. The lowest BCUT2D eigenvalue weighted by atomic mass is 10.0. The van der Waals surface area contributed by atoms with Gasteiger partial charge in [0.2, 0.25) is 11.3 Å². The van der Waals surface area contributed by atoms with Gasteiger partial charge >= 0.3 is 0 Å². The van der Waals surface area contributed by atoms with Gasteiger partial charge in [-0.15, -0.1) is 0 Å². The molecule has 156 valence electrons. The summed E-state index contributed by atoms with van der Waals surface area (Å²) in [4.78, 5) is 52.9. The highest BCUT2D eigenvalue weighted by Gasteiger charge is 2.43. The van der Waals surface area contributed by atoms with E-state index in [4.69, 9.17) is 0 Å². The van der Waals surface area contributed by atoms with E-state index >= 15 is 0 Å². The maximum Gasteiger partial charge on any atom is 0.276 e. The number of fused-ring (bicyclic) bond motifs is 2. The van der Waals surface area contributed by atoms with Gasteiger partial charge in [-0.25, -0.2) is 4.39 Å². The Morgan fingerprint density at radius 2 is 1.87 bits per heavy atom. The second-order valence-electron chi connectivity index (χ2n) is 7.46. The molecule has 1 unspecified atom stereocenters. The van der Waals surface area contributed by atoms with Gasteiger partial charge in [0.15, 0.2) is 17.2 Å². The van der Waals surface area contributed by atoms with Crippen molar-refractivity contribution in [3.05, 3.63) is 63.3 Å². The van der Waals surface area contributed by atoms with Crippen LogP contribution >= 0.6 is 0 Å². The summed E-state index contributed by atoms with van der Waals surface area (Å²) in [5.74, 6) is -2.35. The average Bonchev–Trinajstić information content (AvgIpc) is 3.14. The van der Waals surface area contributed by atoms with Crippen LogP contribution in [0.4, 0.5) is 4.39 Å². The third-order valence-corrected chi connectivity index (χ3v) is 5.64. The van der Waals surface area contributed by atoms with Crippen LogP contribution in [0.15, 0.2) is 35.3 Å². The number of benzene rings is 1. The molecule has 2 aliphatic rings. The van der Waals surface area contributed by atoms with Gasteiger partial charge in [0.05, 0.1) is 12.1 Å². The summed E-state index contributed by atoms with van der Waals surface area (Å²) in [5, 5.41) is 10.4. The number of pyridine rings is 1. The molecule has 0 spiro atoms. The van der Waals surface area contributed by atoms with E-state index in [1.165, 1.54) is 34.7 Å². The van der Waals surface area contributed by atoms with Crippen LogP contribution in [-0.2, 0) is 17.8 Å². The van der Waals surface area contributed by atoms with Gasteiger partial charge in [0.1, 0.15) is 12.0 Å². The van der Waals surface area contributed by atoms with Gasteiger partial charge in [-0.1, -0.05) is 12.1 Å². The lowest BCUT2D eigenvalue weighted by Gasteiger charge is -2.35. The Morgan fingerprint density at radius 1 is 1.17 bits per heavy atom. The number of ketones is 1. The number of hydrogen-bond donors (Lipinski definition) is 1. The summed E-state index contributed by atoms with van der Waals surface area (Å²) >= 11 is 0. The molecular weight excluding hydrogens is 393 g/mol. The van der Waals surface area contributed by atoms with E-state index in [9.17, 15) is 28.7 Å². The van der Waals surface area contributed by atoms with Crippen LogP contribution in [0, 0.1) is 5.82 Å². The largest absolute Gasteiger partial charge is 0.503 e. The fourth-order valence-electron chi connectivity index (χ4n) is 4.06. The molecule has 1 fully saturated rings. The van der Waals surface area contributed by atoms with E-state index in [2.05, 4.69) is 0 Å². The van der Waals surface area contributed by atoms with Crippen LogP contribution in [-0.4, -0.2) is 56.3 Å². The maximum atomic E-state index is 13.0. The minimum atomic E-state index is -0.889. The number of amides is 2. The summed E-state index contributed by atoms with van der Waals surface area (Å²) in [5.41, 5.74) is -0.538. The second-order valence-corrected chi connectivity index (χ2v) is 7.46. The fraction of sp³-hybridized carbons (Fsp3) is 0.333. The fourth-order valence-corrected chi connectivity index (χ4v) is 4.06. The minimum absolute atomic E-state index is 0.0112. The standard InChI is InChI=1S/C21H20FN3O5/c1-12(26)24-8-9-25-17(24)11-23-10-15(19(28)20(29)18(23)21(25)30)16(27)7-4-13-2-5-14(22)6-3-13/h2-3,5-6,10,17,29H,4,7-9,11H2,1H3. The van der Waals surface area contributed by atoms with E-state index in [0.717, 1.165) is 5.56 Å². The van der Waals surface area contributed by atoms with Gasteiger partial charge in [0, 0.05) is 32.6 Å². The first-order valence-electron chi connectivity index (χ1n) is 9.60. The van der Waals surface area contributed by atoms with Crippen molar-refractivity contribution in [1.29, 1.82) is 0 Å². The third-order valence-electron chi connectivity index (χ3n) is 5.64. The van der Waals surface area contributed by atoms with E-state index in [1.54, 1.807) is 17.0 Å². The Labute approximate surface area is 171 Å². The minimum Gasteiger partial charge on any atom is -0.503 e. The number of carbonyl (C=O) groups is 3.